The molecule has 1 N–H and O–H groups in total. The molecule has 2 rings (SSSR count). The van der Waals surface area contributed by atoms with Gasteiger partial charge in [0.25, 0.3) is 0 Å². The smallest absolute Gasteiger partial charge is 0.0702 e. The number of hydrogen-bond donors (Lipinski definition) is 1. The summed E-state index contributed by atoms with van der Waals surface area (Å²) in [7, 11) is 0. The first kappa shape index (κ1) is 12.7. The zero-order valence-electron chi connectivity index (χ0n) is 10.5. The summed E-state index contributed by atoms with van der Waals surface area (Å²) in [6.45, 7) is 5.59. The van der Waals surface area contributed by atoms with Crippen molar-refractivity contribution >= 4 is 17.3 Å². The van der Waals surface area contributed by atoms with Crippen LogP contribution in [0.5, 0.6) is 0 Å². The Hall–Kier alpha value is -0.730. The van der Waals surface area contributed by atoms with Crippen LogP contribution < -0.4 is 4.90 Å². The molecule has 2 nitrogen and oxygen atoms in total. The molecule has 0 radical (unpaired) electrons. The monoisotopic (exact) mass is 253 g/mol. The lowest BCUT2D eigenvalue weighted by Crippen LogP contribution is -2.34. The van der Waals surface area contributed by atoms with E-state index in [9.17, 15) is 5.11 Å². The Morgan fingerprint density at radius 2 is 2.24 bits per heavy atom. The highest BCUT2D eigenvalue weighted by molar-refractivity contribution is 6.33. The summed E-state index contributed by atoms with van der Waals surface area (Å²) in [4.78, 5) is 2.37. The number of benzene rings is 1. The van der Waals surface area contributed by atoms with Gasteiger partial charge in [-0.3, -0.25) is 0 Å². The van der Waals surface area contributed by atoms with Gasteiger partial charge in [-0.1, -0.05) is 37.6 Å². The number of aliphatic hydroxyl groups is 1. The van der Waals surface area contributed by atoms with Crippen LogP contribution in [0, 0.1) is 5.92 Å². The summed E-state index contributed by atoms with van der Waals surface area (Å²) in [5, 5.41) is 10.2. The second-order valence-electron chi connectivity index (χ2n) is 5.05. The van der Waals surface area contributed by atoms with E-state index < -0.39 is 0 Å². The average Bonchev–Trinajstić information content (AvgIpc) is 2.77. The van der Waals surface area contributed by atoms with Crippen molar-refractivity contribution in [1.82, 2.24) is 0 Å². The first-order valence-electron chi connectivity index (χ1n) is 6.30. The van der Waals surface area contributed by atoms with Gasteiger partial charge in [-0.2, -0.15) is 0 Å². The van der Waals surface area contributed by atoms with Crippen LogP contribution in [0.25, 0.3) is 0 Å². The van der Waals surface area contributed by atoms with E-state index in [0.29, 0.717) is 12.0 Å². The lowest BCUT2D eigenvalue weighted by atomic mass is 10.0. The summed E-state index contributed by atoms with van der Waals surface area (Å²) in [6.07, 6.45) is 2.42. The van der Waals surface area contributed by atoms with Crippen molar-refractivity contribution in [3.63, 3.8) is 0 Å². The summed E-state index contributed by atoms with van der Waals surface area (Å²) < 4.78 is 0. The number of rotatable bonds is 3. The van der Waals surface area contributed by atoms with Crippen molar-refractivity contribution in [2.24, 2.45) is 5.92 Å². The highest BCUT2D eigenvalue weighted by Gasteiger charge is 2.29. The Bertz CT molecular complexity index is 392. The zero-order valence-corrected chi connectivity index (χ0v) is 11.2. The molecule has 0 amide bonds. The van der Waals surface area contributed by atoms with Crippen molar-refractivity contribution in [3.05, 3.63) is 28.8 Å². The number of anilines is 1. The van der Waals surface area contributed by atoms with Gasteiger partial charge in [0.1, 0.15) is 0 Å². The van der Waals surface area contributed by atoms with Crippen LogP contribution in [0.15, 0.2) is 18.2 Å². The fraction of sp³-hybridized carbons (Fsp3) is 0.571. The van der Waals surface area contributed by atoms with Gasteiger partial charge in [-0.05, 0) is 24.8 Å². The van der Waals surface area contributed by atoms with Crippen LogP contribution in [0.1, 0.15) is 32.3 Å². The quantitative estimate of drug-likeness (QED) is 0.892. The van der Waals surface area contributed by atoms with Gasteiger partial charge in [0.2, 0.25) is 0 Å². The minimum atomic E-state index is 0.0528. The third-order valence-corrected chi connectivity index (χ3v) is 3.90. The zero-order chi connectivity index (χ0) is 12.4. The van der Waals surface area contributed by atoms with Crippen LogP contribution in [-0.4, -0.2) is 17.7 Å². The van der Waals surface area contributed by atoms with Crippen molar-refractivity contribution in [2.75, 3.05) is 11.4 Å². The number of hydrogen-bond acceptors (Lipinski definition) is 2. The normalized spacial score (nSPS) is 20.3. The lowest BCUT2D eigenvalue weighted by molar-refractivity contribution is 0.281. The first-order valence-corrected chi connectivity index (χ1v) is 6.68. The lowest BCUT2D eigenvalue weighted by Gasteiger charge is -2.32. The SMILES string of the molecule is CC(C)C1CCCN1c1c(Cl)cccc1CO. The molecule has 1 fully saturated rings. The van der Waals surface area contributed by atoms with E-state index in [1.165, 1.54) is 12.8 Å². The topological polar surface area (TPSA) is 23.5 Å². The minimum Gasteiger partial charge on any atom is -0.392 e. The standard InChI is InChI=1S/C14H20ClNO/c1-10(2)13-7-4-8-16(13)14-11(9-17)5-3-6-12(14)15/h3,5-6,10,13,17H,4,7-9H2,1-2H3. The van der Waals surface area contributed by atoms with E-state index in [1.54, 1.807) is 0 Å². The molecule has 1 unspecified atom stereocenters. The van der Waals surface area contributed by atoms with Gasteiger partial charge < -0.3 is 10.0 Å². The van der Waals surface area contributed by atoms with E-state index >= 15 is 0 Å². The molecule has 1 aliphatic heterocycles. The molecule has 0 saturated carbocycles. The maximum atomic E-state index is 9.44. The van der Waals surface area contributed by atoms with Crippen molar-refractivity contribution < 1.29 is 5.11 Å². The first-order chi connectivity index (χ1) is 8.15. The number of halogens is 1. The van der Waals surface area contributed by atoms with E-state index in [4.69, 9.17) is 11.6 Å². The third-order valence-electron chi connectivity index (χ3n) is 3.60. The maximum absolute atomic E-state index is 9.44. The minimum absolute atomic E-state index is 0.0528. The van der Waals surface area contributed by atoms with E-state index in [2.05, 4.69) is 18.7 Å². The Labute approximate surface area is 108 Å². The molecule has 1 atom stereocenters. The van der Waals surface area contributed by atoms with Crippen LogP contribution in [0.3, 0.4) is 0 Å². The van der Waals surface area contributed by atoms with Crippen LogP contribution in [0.4, 0.5) is 5.69 Å². The Morgan fingerprint density at radius 1 is 1.47 bits per heavy atom. The molecular formula is C14H20ClNO. The van der Waals surface area contributed by atoms with Gasteiger partial charge in [-0.25, -0.2) is 0 Å². The number of para-hydroxylation sites is 1. The molecule has 17 heavy (non-hydrogen) atoms. The molecule has 1 aromatic carbocycles. The third kappa shape index (κ3) is 2.43. The Morgan fingerprint density at radius 3 is 2.88 bits per heavy atom. The number of aliphatic hydroxyl groups excluding tert-OH is 1. The fourth-order valence-corrected chi connectivity index (χ4v) is 3.08. The molecule has 1 heterocycles. The highest BCUT2D eigenvalue weighted by Crippen LogP contribution is 2.37. The van der Waals surface area contributed by atoms with Gasteiger partial charge in [0, 0.05) is 18.2 Å². The Kier molecular flexibility index (Phi) is 3.95. The molecule has 1 aromatic rings. The summed E-state index contributed by atoms with van der Waals surface area (Å²) in [5.74, 6) is 0.611. The van der Waals surface area contributed by atoms with Crippen molar-refractivity contribution in [2.45, 2.75) is 39.3 Å². The largest absolute Gasteiger partial charge is 0.392 e. The molecular weight excluding hydrogens is 234 g/mol. The van der Waals surface area contributed by atoms with Gasteiger partial charge in [0.05, 0.1) is 17.3 Å². The average molecular weight is 254 g/mol. The van der Waals surface area contributed by atoms with Crippen LogP contribution in [0.2, 0.25) is 5.02 Å². The molecule has 1 saturated heterocycles. The molecule has 0 aliphatic carbocycles. The van der Waals surface area contributed by atoms with E-state index in [-0.39, 0.29) is 6.61 Å². The van der Waals surface area contributed by atoms with E-state index in [0.717, 1.165) is 22.8 Å². The molecule has 1 aliphatic rings. The molecule has 0 spiro atoms. The highest BCUT2D eigenvalue weighted by atomic mass is 35.5. The summed E-state index contributed by atoms with van der Waals surface area (Å²) in [6, 6.07) is 6.31. The van der Waals surface area contributed by atoms with Crippen molar-refractivity contribution in [3.8, 4) is 0 Å². The second-order valence-corrected chi connectivity index (χ2v) is 5.46. The molecule has 3 heteroatoms. The predicted molar refractivity (Wildman–Crippen MR) is 72.6 cm³/mol. The van der Waals surface area contributed by atoms with Gasteiger partial charge >= 0.3 is 0 Å². The van der Waals surface area contributed by atoms with E-state index in [1.807, 2.05) is 18.2 Å². The molecule has 94 valence electrons. The fourth-order valence-electron chi connectivity index (χ4n) is 2.77. The number of nitrogens with zero attached hydrogens (tertiary/aromatic N) is 1. The van der Waals surface area contributed by atoms with Gasteiger partial charge in [-0.15, -0.1) is 0 Å². The summed E-state index contributed by atoms with van der Waals surface area (Å²) in [5.41, 5.74) is 1.97. The van der Waals surface area contributed by atoms with Crippen LogP contribution in [-0.2, 0) is 6.61 Å². The van der Waals surface area contributed by atoms with Crippen molar-refractivity contribution in [1.29, 1.82) is 0 Å². The molecule has 0 aromatic heterocycles. The Balaban J connectivity index is 2.39. The summed E-state index contributed by atoms with van der Waals surface area (Å²) >= 11 is 6.31. The predicted octanol–water partition coefficient (Wildman–Crippen LogP) is 3.46. The van der Waals surface area contributed by atoms with Gasteiger partial charge in [0.15, 0.2) is 0 Å². The molecule has 0 bridgehead atoms. The van der Waals surface area contributed by atoms with Crippen LogP contribution >= 0.6 is 11.6 Å². The maximum Gasteiger partial charge on any atom is 0.0702 e. The second kappa shape index (κ2) is 5.28.